The third kappa shape index (κ3) is 1.14. The van der Waals surface area contributed by atoms with Crippen molar-refractivity contribution >= 4 is 5.91 Å². The molecule has 3 heteroatoms. The first-order valence-electron chi connectivity index (χ1n) is 3.72. The Labute approximate surface area is 61.2 Å². The Balaban J connectivity index is 2.43. The Bertz CT molecular complexity index is 141. The number of hydrogen-bond acceptors (Lipinski definition) is 2. The van der Waals surface area contributed by atoms with E-state index < -0.39 is 0 Å². The van der Waals surface area contributed by atoms with E-state index >= 15 is 0 Å². The highest BCUT2D eigenvalue weighted by Gasteiger charge is 2.48. The Hall–Kier alpha value is -0.570. The van der Waals surface area contributed by atoms with Crippen LogP contribution in [0.2, 0.25) is 0 Å². The maximum absolute atomic E-state index is 11.1. The Morgan fingerprint density at radius 1 is 1.60 bits per heavy atom. The maximum atomic E-state index is 11.1. The minimum Gasteiger partial charge on any atom is -0.358 e. The second kappa shape index (κ2) is 2.58. The second-order valence-electron chi connectivity index (χ2n) is 2.69. The van der Waals surface area contributed by atoms with Crippen LogP contribution in [0.5, 0.6) is 0 Å². The van der Waals surface area contributed by atoms with Crippen molar-refractivity contribution in [3.8, 4) is 0 Å². The van der Waals surface area contributed by atoms with Gasteiger partial charge in [-0.25, -0.2) is 0 Å². The van der Waals surface area contributed by atoms with Crippen molar-refractivity contribution in [3.63, 3.8) is 0 Å². The summed E-state index contributed by atoms with van der Waals surface area (Å²) >= 11 is 0. The number of rotatable bonds is 3. The molecule has 0 radical (unpaired) electrons. The zero-order valence-electron chi connectivity index (χ0n) is 6.53. The summed E-state index contributed by atoms with van der Waals surface area (Å²) in [6.45, 7) is 2.89. The summed E-state index contributed by atoms with van der Waals surface area (Å²) in [6, 6.07) is 0. The van der Waals surface area contributed by atoms with Gasteiger partial charge in [0.25, 0.3) is 0 Å². The van der Waals surface area contributed by atoms with Gasteiger partial charge in [0.1, 0.15) is 0 Å². The summed E-state index contributed by atoms with van der Waals surface area (Å²) < 4.78 is 0. The van der Waals surface area contributed by atoms with Gasteiger partial charge in [0.15, 0.2) is 0 Å². The molecule has 1 saturated carbocycles. The van der Waals surface area contributed by atoms with Crippen LogP contribution in [0.4, 0.5) is 0 Å². The van der Waals surface area contributed by atoms with E-state index in [1.807, 2.05) is 6.92 Å². The quantitative estimate of drug-likeness (QED) is 0.576. The highest BCUT2D eigenvalue weighted by molar-refractivity contribution is 5.89. The van der Waals surface area contributed by atoms with Crippen LogP contribution in [0.1, 0.15) is 19.8 Å². The number of nitrogens with one attached hydrogen (secondary N) is 2. The molecule has 1 rings (SSSR count). The molecule has 0 spiro atoms. The summed E-state index contributed by atoms with van der Waals surface area (Å²) in [5, 5.41) is 5.82. The van der Waals surface area contributed by atoms with E-state index in [0.29, 0.717) is 0 Å². The SMILES string of the molecule is CCNC1(C(=O)NC)CC1. The van der Waals surface area contributed by atoms with Gasteiger partial charge in [-0.2, -0.15) is 0 Å². The van der Waals surface area contributed by atoms with Gasteiger partial charge in [-0.3, -0.25) is 4.79 Å². The first kappa shape index (κ1) is 7.54. The number of carbonyl (C=O) groups is 1. The lowest BCUT2D eigenvalue weighted by Crippen LogP contribution is -2.45. The van der Waals surface area contributed by atoms with E-state index in [4.69, 9.17) is 0 Å². The molecule has 0 unspecified atom stereocenters. The monoisotopic (exact) mass is 142 g/mol. The second-order valence-corrected chi connectivity index (χ2v) is 2.69. The summed E-state index contributed by atoms with van der Waals surface area (Å²) in [4.78, 5) is 11.1. The van der Waals surface area contributed by atoms with Crippen molar-refractivity contribution in [2.75, 3.05) is 13.6 Å². The minimum absolute atomic E-state index is 0.134. The van der Waals surface area contributed by atoms with E-state index in [0.717, 1.165) is 19.4 Å². The molecule has 0 aromatic carbocycles. The molecule has 0 heterocycles. The fourth-order valence-electron chi connectivity index (χ4n) is 1.19. The Morgan fingerprint density at radius 2 is 2.20 bits per heavy atom. The molecule has 0 aromatic rings. The van der Waals surface area contributed by atoms with Crippen LogP contribution in [0.15, 0.2) is 0 Å². The summed E-state index contributed by atoms with van der Waals surface area (Å²) in [7, 11) is 1.68. The molecule has 1 aliphatic rings. The normalized spacial score (nSPS) is 20.2. The van der Waals surface area contributed by atoms with Crippen molar-refractivity contribution in [3.05, 3.63) is 0 Å². The van der Waals surface area contributed by atoms with Gasteiger partial charge in [-0.15, -0.1) is 0 Å². The topological polar surface area (TPSA) is 41.1 Å². The first-order chi connectivity index (χ1) is 4.75. The predicted octanol–water partition coefficient (Wildman–Crippen LogP) is -0.126. The summed E-state index contributed by atoms with van der Waals surface area (Å²) in [5.74, 6) is 0.134. The fourth-order valence-corrected chi connectivity index (χ4v) is 1.19. The lowest BCUT2D eigenvalue weighted by Gasteiger charge is -2.12. The van der Waals surface area contributed by atoms with Gasteiger partial charge in [-0.05, 0) is 19.4 Å². The largest absolute Gasteiger partial charge is 0.358 e. The maximum Gasteiger partial charge on any atom is 0.240 e. The molecule has 10 heavy (non-hydrogen) atoms. The smallest absolute Gasteiger partial charge is 0.240 e. The standard InChI is InChI=1S/C7H14N2O/c1-3-9-7(4-5-7)6(10)8-2/h9H,3-5H2,1-2H3,(H,8,10). The highest BCUT2D eigenvalue weighted by atomic mass is 16.2. The molecule has 0 bridgehead atoms. The molecule has 1 aliphatic carbocycles. The molecular formula is C7H14N2O. The number of hydrogen-bond donors (Lipinski definition) is 2. The molecule has 2 N–H and O–H groups in total. The van der Waals surface area contributed by atoms with E-state index in [2.05, 4.69) is 10.6 Å². The molecule has 58 valence electrons. The van der Waals surface area contributed by atoms with E-state index in [1.165, 1.54) is 0 Å². The van der Waals surface area contributed by atoms with Crippen LogP contribution in [0, 0.1) is 0 Å². The molecule has 3 nitrogen and oxygen atoms in total. The van der Waals surface area contributed by atoms with Crippen molar-refractivity contribution in [1.29, 1.82) is 0 Å². The Morgan fingerprint density at radius 3 is 2.50 bits per heavy atom. The summed E-state index contributed by atoms with van der Waals surface area (Å²) in [5.41, 5.74) is -0.191. The van der Waals surface area contributed by atoms with Crippen LogP contribution < -0.4 is 10.6 Å². The van der Waals surface area contributed by atoms with E-state index in [9.17, 15) is 4.79 Å². The third-order valence-corrected chi connectivity index (χ3v) is 1.93. The van der Waals surface area contributed by atoms with Crippen LogP contribution in [0.3, 0.4) is 0 Å². The van der Waals surface area contributed by atoms with E-state index in [-0.39, 0.29) is 11.4 Å². The van der Waals surface area contributed by atoms with Gasteiger partial charge in [-0.1, -0.05) is 6.92 Å². The number of carbonyl (C=O) groups excluding carboxylic acids is 1. The van der Waals surface area contributed by atoms with Crippen molar-refractivity contribution in [1.82, 2.24) is 10.6 Å². The molecule has 0 aromatic heterocycles. The highest BCUT2D eigenvalue weighted by Crippen LogP contribution is 2.34. The summed E-state index contributed by atoms with van der Waals surface area (Å²) in [6.07, 6.45) is 1.97. The number of likely N-dealkylation sites (N-methyl/N-ethyl adjacent to an activating group) is 2. The van der Waals surface area contributed by atoms with Gasteiger partial charge in [0, 0.05) is 7.05 Å². The van der Waals surface area contributed by atoms with Gasteiger partial charge in [0.2, 0.25) is 5.91 Å². The molecular weight excluding hydrogens is 128 g/mol. The predicted molar refractivity (Wildman–Crippen MR) is 39.7 cm³/mol. The Kier molecular flexibility index (Phi) is 1.94. The molecule has 0 saturated heterocycles. The fraction of sp³-hybridized carbons (Fsp3) is 0.857. The molecule has 0 atom stereocenters. The van der Waals surface area contributed by atoms with Crippen LogP contribution in [0.25, 0.3) is 0 Å². The first-order valence-corrected chi connectivity index (χ1v) is 3.72. The van der Waals surface area contributed by atoms with Crippen molar-refractivity contribution in [2.45, 2.75) is 25.3 Å². The van der Waals surface area contributed by atoms with E-state index in [1.54, 1.807) is 7.05 Å². The average molecular weight is 142 g/mol. The lowest BCUT2D eigenvalue weighted by atomic mass is 10.2. The van der Waals surface area contributed by atoms with Gasteiger partial charge in [0.05, 0.1) is 5.54 Å². The molecule has 0 aliphatic heterocycles. The molecule has 1 amide bonds. The van der Waals surface area contributed by atoms with Gasteiger partial charge >= 0.3 is 0 Å². The number of amides is 1. The zero-order chi connectivity index (χ0) is 7.61. The lowest BCUT2D eigenvalue weighted by molar-refractivity contribution is -0.123. The minimum atomic E-state index is -0.191. The van der Waals surface area contributed by atoms with Gasteiger partial charge < -0.3 is 10.6 Å². The average Bonchev–Trinajstić information content (AvgIpc) is 2.69. The molecule has 1 fully saturated rings. The van der Waals surface area contributed by atoms with Crippen LogP contribution in [-0.2, 0) is 4.79 Å². The van der Waals surface area contributed by atoms with Crippen LogP contribution >= 0.6 is 0 Å². The van der Waals surface area contributed by atoms with Crippen molar-refractivity contribution in [2.24, 2.45) is 0 Å². The third-order valence-electron chi connectivity index (χ3n) is 1.93. The van der Waals surface area contributed by atoms with Crippen molar-refractivity contribution < 1.29 is 4.79 Å². The zero-order valence-corrected chi connectivity index (χ0v) is 6.53. The van der Waals surface area contributed by atoms with Crippen LogP contribution in [-0.4, -0.2) is 25.0 Å².